The molecule has 1 aromatic carbocycles. The van der Waals surface area contributed by atoms with E-state index in [1.165, 1.54) is 73.9 Å². The number of nitrogens with one attached hydrogen (secondary N) is 1. The van der Waals surface area contributed by atoms with Crippen LogP contribution in [0.5, 0.6) is 0 Å². The number of pyridine rings is 1. The Bertz CT molecular complexity index is 1120. The minimum Gasteiger partial charge on any atom is -0.345 e. The van der Waals surface area contributed by atoms with Crippen LogP contribution in [0, 0.1) is 11.8 Å². The van der Waals surface area contributed by atoms with Crippen molar-refractivity contribution in [3.8, 4) is 0 Å². The average Bonchev–Trinajstić information content (AvgIpc) is 3.74. The van der Waals surface area contributed by atoms with Gasteiger partial charge in [-0.3, -0.25) is 4.79 Å². The van der Waals surface area contributed by atoms with Crippen molar-refractivity contribution in [1.29, 1.82) is 0 Å². The topological polar surface area (TPSA) is 51.1 Å². The lowest BCUT2D eigenvalue weighted by atomic mass is 9.64. The summed E-state index contributed by atoms with van der Waals surface area (Å²) < 4.78 is 0. The molecule has 4 fully saturated rings. The molecule has 4 nitrogen and oxygen atoms in total. The summed E-state index contributed by atoms with van der Waals surface area (Å²) >= 11 is 0. The monoisotopic (exact) mass is 499 g/mol. The van der Waals surface area contributed by atoms with Gasteiger partial charge in [-0.15, -0.1) is 0 Å². The molecule has 196 valence electrons. The third-order valence-corrected chi connectivity index (χ3v) is 10.9. The van der Waals surface area contributed by atoms with Crippen molar-refractivity contribution in [3.05, 3.63) is 65.0 Å². The molecule has 3 aliphatic carbocycles. The van der Waals surface area contributed by atoms with Crippen molar-refractivity contribution in [2.45, 2.75) is 100 Å². The number of aromatic nitrogens is 1. The van der Waals surface area contributed by atoms with Crippen LogP contribution >= 0.6 is 0 Å². The molecule has 4 atom stereocenters. The quantitative estimate of drug-likeness (QED) is 0.662. The zero-order valence-corrected chi connectivity index (χ0v) is 22.5. The maximum atomic E-state index is 14.7. The number of likely N-dealkylation sites (tertiary alicyclic amines) is 1. The average molecular weight is 500 g/mol. The van der Waals surface area contributed by atoms with Gasteiger partial charge in [-0.1, -0.05) is 49.6 Å². The van der Waals surface area contributed by atoms with Crippen molar-refractivity contribution in [1.82, 2.24) is 4.90 Å². The van der Waals surface area contributed by atoms with Crippen LogP contribution in [0.4, 0.5) is 0 Å². The van der Waals surface area contributed by atoms with E-state index in [-0.39, 0.29) is 11.3 Å². The third-order valence-electron chi connectivity index (χ3n) is 10.9. The fourth-order valence-electron chi connectivity index (χ4n) is 8.82. The molecule has 2 unspecified atom stereocenters. The first-order valence-corrected chi connectivity index (χ1v) is 15.5. The molecule has 2 aliphatic heterocycles. The predicted octanol–water partition coefficient (Wildman–Crippen LogP) is 4.50. The van der Waals surface area contributed by atoms with Crippen LogP contribution in [-0.4, -0.2) is 36.5 Å². The number of carbonyl (C=O) groups excluding carboxylic acids is 1. The molecule has 5 aliphatic rings. The van der Waals surface area contributed by atoms with E-state index in [4.69, 9.17) is 0 Å². The number of nitrogens with two attached hydrogens (primary N) is 1. The molecule has 0 bridgehead atoms. The van der Waals surface area contributed by atoms with Gasteiger partial charge in [0.05, 0.1) is 18.5 Å². The molecule has 1 amide bonds. The number of fused-ring (bicyclic) bond motifs is 2. The lowest BCUT2D eigenvalue weighted by molar-refractivity contribution is -0.640. The molecule has 2 saturated heterocycles. The molecule has 2 aromatic rings. The van der Waals surface area contributed by atoms with Gasteiger partial charge in [-0.05, 0) is 74.8 Å². The van der Waals surface area contributed by atoms with E-state index in [0.717, 1.165) is 51.2 Å². The summed E-state index contributed by atoms with van der Waals surface area (Å²) in [4.78, 5) is 21.0. The molecule has 1 spiro atoms. The summed E-state index contributed by atoms with van der Waals surface area (Å²) in [6.45, 7) is 2.96. The molecule has 3 heterocycles. The van der Waals surface area contributed by atoms with Gasteiger partial charge in [-0.2, -0.15) is 0 Å². The van der Waals surface area contributed by atoms with E-state index < -0.39 is 0 Å². The van der Waals surface area contributed by atoms with Crippen molar-refractivity contribution in [3.63, 3.8) is 0 Å². The summed E-state index contributed by atoms with van der Waals surface area (Å²) in [6, 6.07) is 16.3. The van der Waals surface area contributed by atoms with E-state index in [9.17, 15) is 4.79 Å². The maximum absolute atomic E-state index is 14.7. The van der Waals surface area contributed by atoms with Gasteiger partial charge in [-0.25, -0.2) is 4.98 Å². The molecular weight excluding hydrogens is 454 g/mol. The number of carbonyl (C=O) groups is 1. The highest BCUT2D eigenvalue weighted by molar-refractivity contribution is 5.82. The molecule has 7 rings (SSSR count). The normalized spacial score (nSPS) is 32.4. The first-order chi connectivity index (χ1) is 18.2. The second-order valence-corrected chi connectivity index (χ2v) is 13.0. The van der Waals surface area contributed by atoms with Crippen LogP contribution < -0.4 is 10.3 Å². The van der Waals surface area contributed by atoms with Crippen LogP contribution in [-0.2, 0) is 16.6 Å². The summed E-state index contributed by atoms with van der Waals surface area (Å²) in [7, 11) is 0. The number of H-pyrrole nitrogens is 1. The highest BCUT2D eigenvalue weighted by Crippen LogP contribution is 2.46. The van der Waals surface area contributed by atoms with E-state index in [1.54, 1.807) is 0 Å². The Morgan fingerprint density at radius 1 is 0.919 bits per heavy atom. The molecule has 1 aromatic heterocycles. The number of benzene rings is 1. The van der Waals surface area contributed by atoms with Gasteiger partial charge in [0.2, 0.25) is 5.91 Å². The Balaban J connectivity index is 1.18. The highest BCUT2D eigenvalue weighted by Gasteiger charge is 2.56. The number of hydrogen-bond acceptors (Lipinski definition) is 1. The number of piperidine rings is 1. The largest absolute Gasteiger partial charge is 0.345 e. The van der Waals surface area contributed by atoms with Crippen LogP contribution in [0.25, 0.3) is 0 Å². The van der Waals surface area contributed by atoms with Crippen LogP contribution in [0.1, 0.15) is 105 Å². The van der Waals surface area contributed by atoms with Crippen LogP contribution in [0.2, 0.25) is 0 Å². The second-order valence-electron chi connectivity index (χ2n) is 13.0. The smallest absolute Gasteiger partial charge is 0.232 e. The van der Waals surface area contributed by atoms with E-state index >= 15 is 0 Å². The van der Waals surface area contributed by atoms with Gasteiger partial charge in [0.25, 0.3) is 0 Å². The van der Waals surface area contributed by atoms with Crippen molar-refractivity contribution < 1.29 is 15.1 Å². The fraction of sp³-hybridized carbons (Fsp3) is 0.636. The predicted molar refractivity (Wildman–Crippen MR) is 145 cm³/mol. The fourth-order valence-corrected chi connectivity index (χ4v) is 8.82. The van der Waals surface area contributed by atoms with Gasteiger partial charge < -0.3 is 10.2 Å². The number of aromatic amines is 1. The Morgan fingerprint density at radius 2 is 1.76 bits per heavy atom. The lowest BCUT2D eigenvalue weighted by Crippen LogP contribution is -2.82. The van der Waals surface area contributed by atoms with Crippen molar-refractivity contribution in [2.24, 2.45) is 11.8 Å². The number of quaternary nitrogens is 1. The van der Waals surface area contributed by atoms with E-state index in [0.29, 0.717) is 23.8 Å². The minimum absolute atomic E-state index is 0.0106. The standard InChI is InChI=1S/C33H43N3O/c37-32(28-21-34-22-33(28)18-7-12-30-27(33)15-16-29(35-30)24-13-14-24)36-19-17-26(23-8-3-1-4-9-23)20-31(36)25-10-5-2-6-11-25/h1,3-4,8-9,15-16,24-26,28,31,34H,2,5-7,10-14,17-22H2/p+2/t26?,28-,31?,33-/m0/s1. The van der Waals surface area contributed by atoms with E-state index in [2.05, 4.69) is 57.7 Å². The van der Waals surface area contributed by atoms with Gasteiger partial charge in [0, 0.05) is 36.6 Å². The molecule has 4 heteroatoms. The number of rotatable bonds is 4. The molecule has 37 heavy (non-hydrogen) atoms. The molecular formula is C33H45N3O+2. The molecule has 3 N–H and O–H groups in total. The number of aryl methyl sites for hydroxylation is 1. The Morgan fingerprint density at radius 3 is 2.57 bits per heavy atom. The van der Waals surface area contributed by atoms with Crippen molar-refractivity contribution in [2.75, 3.05) is 19.6 Å². The lowest BCUT2D eigenvalue weighted by Gasteiger charge is -2.47. The van der Waals surface area contributed by atoms with Crippen LogP contribution in [0.3, 0.4) is 0 Å². The number of hydrogen-bond donors (Lipinski definition) is 1. The third kappa shape index (κ3) is 4.33. The maximum Gasteiger partial charge on any atom is 0.232 e. The second kappa shape index (κ2) is 9.84. The number of nitrogens with zero attached hydrogens (tertiary/aromatic N) is 1. The van der Waals surface area contributed by atoms with Gasteiger partial charge in [0.1, 0.15) is 5.92 Å². The van der Waals surface area contributed by atoms with Gasteiger partial charge >= 0.3 is 0 Å². The van der Waals surface area contributed by atoms with E-state index in [1.807, 2.05) is 0 Å². The Kier molecular flexibility index (Phi) is 6.35. The highest BCUT2D eigenvalue weighted by atomic mass is 16.2. The van der Waals surface area contributed by atoms with Gasteiger partial charge in [0.15, 0.2) is 11.4 Å². The summed E-state index contributed by atoms with van der Waals surface area (Å²) in [5.41, 5.74) is 5.83. The molecule has 0 radical (unpaired) electrons. The first-order valence-electron chi connectivity index (χ1n) is 15.5. The Labute approximate surface area is 222 Å². The van der Waals surface area contributed by atoms with Crippen LogP contribution in [0.15, 0.2) is 42.5 Å². The first kappa shape index (κ1) is 23.9. The summed E-state index contributed by atoms with van der Waals surface area (Å²) in [5.74, 6) is 2.62. The summed E-state index contributed by atoms with van der Waals surface area (Å²) in [5, 5.41) is 2.46. The summed E-state index contributed by atoms with van der Waals surface area (Å²) in [6.07, 6.45) is 15.1. The number of amides is 1. The SMILES string of the molecule is O=C([C@@H]1C[NH2+]C[C@]12CCCc1[nH+]c(C3CC3)ccc12)N1CCC(c2ccccc2)CC1C1CCCCC1. The zero-order valence-electron chi connectivity index (χ0n) is 22.5. The Hall–Kier alpha value is -2.20. The minimum atomic E-state index is 0.0106. The zero-order chi connectivity index (χ0) is 24.8. The van der Waals surface area contributed by atoms with Crippen molar-refractivity contribution >= 4 is 5.91 Å². The molecule has 2 saturated carbocycles.